The third-order valence-electron chi connectivity index (χ3n) is 2.99. The van der Waals surface area contributed by atoms with Crippen LogP contribution in [0.15, 0.2) is 29.2 Å². The number of nitrogens with one attached hydrogen (secondary N) is 1. The molecule has 1 aliphatic rings. The summed E-state index contributed by atoms with van der Waals surface area (Å²) < 4.78 is 37.1. The van der Waals surface area contributed by atoms with Crippen LogP contribution >= 0.6 is 0 Å². The minimum atomic E-state index is -3.38. The van der Waals surface area contributed by atoms with Crippen LogP contribution in [0.25, 0.3) is 0 Å². The highest BCUT2D eigenvalue weighted by molar-refractivity contribution is 7.91. The summed E-state index contributed by atoms with van der Waals surface area (Å²) in [6, 6.07) is 5.20. The molecule has 0 bridgehead atoms. The number of hydrogen-bond acceptors (Lipinski definition) is 3. The molecule has 94 valence electrons. The minimum absolute atomic E-state index is 0.00276. The van der Waals surface area contributed by atoms with Gasteiger partial charge < -0.3 is 5.32 Å². The molecule has 1 saturated heterocycles. The topological polar surface area (TPSA) is 46.2 Å². The highest BCUT2D eigenvalue weighted by Gasteiger charge is 2.22. The summed E-state index contributed by atoms with van der Waals surface area (Å²) in [7, 11) is -3.38. The summed E-state index contributed by atoms with van der Waals surface area (Å²) in [5, 5.41) is 3.19. The Balaban J connectivity index is 2.13. The Hall–Kier alpha value is -0.940. The first kappa shape index (κ1) is 12.5. The maximum atomic E-state index is 13.0. The molecule has 0 spiro atoms. The largest absolute Gasteiger partial charge is 0.313 e. The van der Waals surface area contributed by atoms with Crippen LogP contribution in [0.2, 0.25) is 0 Å². The van der Waals surface area contributed by atoms with Crippen molar-refractivity contribution in [2.45, 2.75) is 30.2 Å². The molecule has 1 aliphatic heterocycles. The molecule has 5 heteroatoms. The summed E-state index contributed by atoms with van der Waals surface area (Å²) in [4.78, 5) is 0.0740. The molecule has 1 aromatic rings. The lowest BCUT2D eigenvalue weighted by atomic mass is 10.1. The minimum Gasteiger partial charge on any atom is -0.313 e. The fraction of sp³-hybridized carbons (Fsp3) is 0.500. The molecule has 1 unspecified atom stereocenters. The van der Waals surface area contributed by atoms with E-state index >= 15 is 0 Å². The van der Waals surface area contributed by atoms with Crippen molar-refractivity contribution < 1.29 is 12.8 Å². The third-order valence-corrected chi connectivity index (χ3v) is 4.80. The first-order chi connectivity index (χ1) is 8.08. The molecule has 1 heterocycles. The van der Waals surface area contributed by atoms with Gasteiger partial charge in [-0.05, 0) is 37.6 Å². The van der Waals surface area contributed by atoms with Crippen LogP contribution in [0.4, 0.5) is 4.39 Å². The zero-order valence-electron chi connectivity index (χ0n) is 9.52. The smallest absolute Gasteiger partial charge is 0.180 e. The first-order valence-corrected chi connectivity index (χ1v) is 7.45. The second-order valence-corrected chi connectivity index (χ2v) is 6.42. The highest BCUT2D eigenvalue weighted by Crippen LogP contribution is 2.16. The first-order valence-electron chi connectivity index (χ1n) is 5.80. The predicted molar refractivity (Wildman–Crippen MR) is 64.1 cm³/mol. The van der Waals surface area contributed by atoms with Crippen LogP contribution in [-0.4, -0.2) is 26.8 Å². The summed E-state index contributed by atoms with van der Waals surface area (Å²) in [5.74, 6) is -0.459. The van der Waals surface area contributed by atoms with Crippen molar-refractivity contribution in [1.82, 2.24) is 5.32 Å². The maximum Gasteiger partial charge on any atom is 0.180 e. The maximum absolute atomic E-state index is 13.0. The quantitative estimate of drug-likeness (QED) is 0.897. The number of benzene rings is 1. The summed E-state index contributed by atoms with van der Waals surface area (Å²) >= 11 is 0. The van der Waals surface area contributed by atoms with Gasteiger partial charge in [-0.15, -0.1) is 0 Å². The Labute approximate surface area is 101 Å². The van der Waals surface area contributed by atoms with Gasteiger partial charge in [0, 0.05) is 6.04 Å². The van der Waals surface area contributed by atoms with E-state index in [0.717, 1.165) is 31.9 Å². The summed E-state index contributed by atoms with van der Waals surface area (Å²) in [6.07, 6.45) is 3.02. The number of hydrogen-bond donors (Lipinski definition) is 1. The average Bonchev–Trinajstić information content (AvgIpc) is 2.30. The molecule has 1 atom stereocenters. The van der Waals surface area contributed by atoms with Crippen molar-refractivity contribution in [3.63, 3.8) is 0 Å². The van der Waals surface area contributed by atoms with Crippen LogP contribution in [0.1, 0.15) is 19.3 Å². The van der Waals surface area contributed by atoms with E-state index in [0.29, 0.717) is 0 Å². The van der Waals surface area contributed by atoms with Gasteiger partial charge in [-0.1, -0.05) is 12.5 Å². The zero-order chi connectivity index (χ0) is 12.3. The van der Waals surface area contributed by atoms with E-state index in [2.05, 4.69) is 5.32 Å². The molecule has 0 amide bonds. The van der Waals surface area contributed by atoms with Gasteiger partial charge in [0.25, 0.3) is 0 Å². The normalized spacial score (nSPS) is 21.4. The van der Waals surface area contributed by atoms with Crippen molar-refractivity contribution in [1.29, 1.82) is 0 Å². The van der Waals surface area contributed by atoms with Crippen molar-refractivity contribution in [2.75, 3.05) is 12.3 Å². The second-order valence-electron chi connectivity index (χ2n) is 4.39. The standard InChI is InChI=1S/C12H16FNO2S/c13-10-4-3-6-12(8-10)17(15,16)9-11-5-1-2-7-14-11/h3-4,6,8,11,14H,1-2,5,7,9H2. The van der Waals surface area contributed by atoms with E-state index in [1.54, 1.807) is 0 Å². The number of halogens is 1. The van der Waals surface area contributed by atoms with Gasteiger partial charge in [-0.2, -0.15) is 0 Å². The fourth-order valence-corrected chi connectivity index (χ4v) is 3.67. The zero-order valence-corrected chi connectivity index (χ0v) is 10.3. The van der Waals surface area contributed by atoms with Crippen LogP contribution in [0.3, 0.4) is 0 Å². The summed E-state index contributed by atoms with van der Waals surface area (Å²) in [5.41, 5.74) is 0. The Bertz CT molecular complexity index is 481. The monoisotopic (exact) mass is 257 g/mol. The second kappa shape index (κ2) is 5.14. The predicted octanol–water partition coefficient (Wildman–Crippen LogP) is 1.74. The molecular formula is C12H16FNO2S. The highest BCUT2D eigenvalue weighted by atomic mass is 32.2. The van der Waals surface area contributed by atoms with E-state index in [4.69, 9.17) is 0 Å². The number of rotatable bonds is 3. The Morgan fingerprint density at radius 1 is 1.35 bits per heavy atom. The van der Waals surface area contributed by atoms with E-state index < -0.39 is 15.7 Å². The SMILES string of the molecule is O=S(=O)(CC1CCCCN1)c1cccc(F)c1. The average molecular weight is 257 g/mol. The van der Waals surface area contributed by atoms with Gasteiger partial charge in [0.15, 0.2) is 9.84 Å². The lowest BCUT2D eigenvalue weighted by molar-refractivity contribution is 0.423. The van der Waals surface area contributed by atoms with E-state index in [-0.39, 0.29) is 16.7 Å². The van der Waals surface area contributed by atoms with Gasteiger partial charge in [-0.3, -0.25) is 0 Å². The molecule has 0 saturated carbocycles. The number of sulfone groups is 1. The van der Waals surface area contributed by atoms with Gasteiger partial charge >= 0.3 is 0 Å². The molecule has 0 aliphatic carbocycles. The molecule has 1 aromatic carbocycles. The van der Waals surface area contributed by atoms with Gasteiger partial charge in [0.05, 0.1) is 10.6 Å². The van der Waals surface area contributed by atoms with Crippen LogP contribution in [0.5, 0.6) is 0 Å². The van der Waals surface area contributed by atoms with Crippen molar-refractivity contribution >= 4 is 9.84 Å². The summed E-state index contributed by atoms with van der Waals surface area (Å²) in [6.45, 7) is 0.864. The molecule has 2 rings (SSSR count). The van der Waals surface area contributed by atoms with Crippen LogP contribution < -0.4 is 5.32 Å². The van der Waals surface area contributed by atoms with Crippen LogP contribution in [-0.2, 0) is 9.84 Å². The molecular weight excluding hydrogens is 241 g/mol. The number of piperidine rings is 1. The van der Waals surface area contributed by atoms with E-state index in [1.807, 2.05) is 0 Å². The molecule has 1 N–H and O–H groups in total. The van der Waals surface area contributed by atoms with E-state index in [1.165, 1.54) is 18.2 Å². The Morgan fingerprint density at radius 2 is 2.18 bits per heavy atom. The van der Waals surface area contributed by atoms with Crippen molar-refractivity contribution in [3.05, 3.63) is 30.1 Å². The van der Waals surface area contributed by atoms with E-state index in [9.17, 15) is 12.8 Å². The Kier molecular flexibility index (Phi) is 3.79. The van der Waals surface area contributed by atoms with Crippen LogP contribution in [0, 0.1) is 5.82 Å². The molecule has 1 fully saturated rings. The molecule has 0 radical (unpaired) electrons. The Morgan fingerprint density at radius 3 is 2.82 bits per heavy atom. The molecule has 3 nitrogen and oxygen atoms in total. The van der Waals surface area contributed by atoms with Crippen molar-refractivity contribution in [3.8, 4) is 0 Å². The van der Waals surface area contributed by atoms with Gasteiger partial charge in [-0.25, -0.2) is 12.8 Å². The lowest BCUT2D eigenvalue weighted by Crippen LogP contribution is -2.39. The lowest BCUT2D eigenvalue weighted by Gasteiger charge is -2.23. The van der Waals surface area contributed by atoms with Gasteiger partial charge in [0.2, 0.25) is 0 Å². The fourth-order valence-electron chi connectivity index (χ4n) is 2.09. The third kappa shape index (κ3) is 3.26. The molecule has 0 aromatic heterocycles. The molecule has 17 heavy (non-hydrogen) atoms. The van der Waals surface area contributed by atoms with Crippen molar-refractivity contribution in [2.24, 2.45) is 0 Å². The van der Waals surface area contributed by atoms with Gasteiger partial charge in [0.1, 0.15) is 5.82 Å².